The maximum atomic E-state index is 5.34. The Morgan fingerprint density at radius 2 is 2.22 bits per heavy atom. The number of rotatable bonds is 2. The summed E-state index contributed by atoms with van der Waals surface area (Å²) in [5, 5.41) is 7.95. The summed E-state index contributed by atoms with van der Waals surface area (Å²) < 4.78 is 3.73. The Bertz CT molecular complexity index is 748. The number of benzene rings is 1. The van der Waals surface area contributed by atoms with Crippen LogP contribution in [0, 0.1) is 4.77 Å². The van der Waals surface area contributed by atoms with E-state index in [1.165, 1.54) is 0 Å². The van der Waals surface area contributed by atoms with E-state index in [2.05, 4.69) is 31.1 Å². The Balaban J connectivity index is 2.12. The molecule has 0 saturated heterocycles. The van der Waals surface area contributed by atoms with Crippen LogP contribution < -0.4 is 0 Å². The molecule has 0 saturated carbocycles. The van der Waals surface area contributed by atoms with Crippen LogP contribution in [0.25, 0.3) is 11.0 Å². The zero-order chi connectivity index (χ0) is 12.5. The van der Waals surface area contributed by atoms with E-state index in [-0.39, 0.29) is 0 Å². The second-order valence-electron chi connectivity index (χ2n) is 3.89. The fraction of sp³-hybridized carbons (Fsp3) is 0.0833. The van der Waals surface area contributed by atoms with Gasteiger partial charge in [0.2, 0.25) is 0 Å². The van der Waals surface area contributed by atoms with Gasteiger partial charge in [0.15, 0.2) is 4.77 Å². The number of nitrogens with zero attached hydrogens (tertiary/aromatic N) is 3. The first-order valence-electron chi connectivity index (χ1n) is 5.39. The SMILES string of the molecule is S=c1[nH]c2cc(Br)ccc2n1Cc1cccnn1. The first kappa shape index (κ1) is 11.6. The van der Waals surface area contributed by atoms with E-state index >= 15 is 0 Å². The van der Waals surface area contributed by atoms with Gasteiger partial charge in [-0.3, -0.25) is 0 Å². The zero-order valence-electron chi connectivity index (χ0n) is 9.30. The van der Waals surface area contributed by atoms with Crippen LogP contribution in [0.5, 0.6) is 0 Å². The highest BCUT2D eigenvalue weighted by Gasteiger charge is 2.06. The third-order valence-electron chi connectivity index (χ3n) is 2.68. The third-order valence-corrected chi connectivity index (χ3v) is 3.50. The Morgan fingerprint density at radius 1 is 1.33 bits per heavy atom. The van der Waals surface area contributed by atoms with Crippen LogP contribution in [-0.4, -0.2) is 19.7 Å². The Labute approximate surface area is 117 Å². The molecule has 3 rings (SSSR count). The minimum atomic E-state index is 0.619. The molecule has 0 spiro atoms. The van der Waals surface area contributed by atoms with Gasteiger partial charge in [-0.05, 0) is 42.5 Å². The lowest BCUT2D eigenvalue weighted by molar-refractivity contribution is 0.762. The topological polar surface area (TPSA) is 46.5 Å². The molecule has 0 bridgehead atoms. The van der Waals surface area contributed by atoms with Crippen molar-refractivity contribution in [1.29, 1.82) is 0 Å². The van der Waals surface area contributed by atoms with Gasteiger partial charge in [0.1, 0.15) is 0 Å². The second-order valence-corrected chi connectivity index (χ2v) is 5.20. The van der Waals surface area contributed by atoms with Crippen molar-refractivity contribution in [3.8, 4) is 0 Å². The van der Waals surface area contributed by atoms with Crippen molar-refractivity contribution in [2.75, 3.05) is 0 Å². The molecule has 2 heterocycles. The van der Waals surface area contributed by atoms with Gasteiger partial charge in [0.25, 0.3) is 0 Å². The number of hydrogen-bond acceptors (Lipinski definition) is 3. The van der Waals surface area contributed by atoms with Gasteiger partial charge < -0.3 is 9.55 Å². The molecule has 0 aliphatic rings. The summed E-state index contributed by atoms with van der Waals surface area (Å²) in [4.78, 5) is 3.19. The highest BCUT2D eigenvalue weighted by Crippen LogP contribution is 2.20. The summed E-state index contributed by atoms with van der Waals surface area (Å²) in [7, 11) is 0. The molecule has 0 atom stereocenters. The lowest BCUT2D eigenvalue weighted by atomic mass is 10.3. The molecular formula is C12H9BrN4S. The van der Waals surface area contributed by atoms with Crippen LogP contribution in [0.1, 0.15) is 5.69 Å². The van der Waals surface area contributed by atoms with Gasteiger partial charge in [-0.15, -0.1) is 0 Å². The van der Waals surface area contributed by atoms with Crippen LogP contribution >= 0.6 is 28.1 Å². The van der Waals surface area contributed by atoms with E-state index in [0.717, 1.165) is 21.2 Å². The fourth-order valence-corrected chi connectivity index (χ4v) is 2.51. The Kier molecular flexibility index (Phi) is 2.97. The smallest absolute Gasteiger partial charge is 0.178 e. The fourth-order valence-electron chi connectivity index (χ4n) is 1.87. The minimum absolute atomic E-state index is 0.619. The molecular weight excluding hydrogens is 312 g/mol. The van der Waals surface area contributed by atoms with Crippen molar-refractivity contribution in [2.24, 2.45) is 0 Å². The van der Waals surface area contributed by atoms with E-state index < -0.39 is 0 Å². The predicted octanol–water partition coefficient (Wildman–Crippen LogP) is 3.30. The predicted molar refractivity (Wildman–Crippen MR) is 76.0 cm³/mol. The number of H-pyrrole nitrogens is 1. The largest absolute Gasteiger partial charge is 0.331 e. The molecule has 2 aromatic heterocycles. The third kappa shape index (κ3) is 2.09. The monoisotopic (exact) mass is 320 g/mol. The molecule has 1 aromatic carbocycles. The van der Waals surface area contributed by atoms with E-state index in [1.807, 2.05) is 34.9 Å². The van der Waals surface area contributed by atoms with E-state index in [0.29, 0.717) is 11.3 Å². The number of fused-ring (bicyclic) bond motifs is 1. The molecule has 4 nitrogen and oxygen atoms in total. The van der Waals surface area contributed by atoms with Crippen LogP contribution in [0.2, 0.25) is 0 Å². The van der Waals surface area contributed by atoms with Crippen LogP contribution in [0.4, 0.5) is 0 Å². The summed E-state index contributed by atoms with van der Waals surface area (Å²) in [5.74, 6) is 0. The van der Waals surface area contributed by atoms with Crippen molar-refractivity contribution in [3.63, 3.8) is 0 Å². The summed E-state index contributed by atoms with van der Waals surface area (Å²) in [5.41, 5.74) is 2.96. The zero-order valence-corrected chi connectivity index (χ0v) is 11.7. The molecule has 0 aliphatic carbocycles. The van der Waals surface area contributed by atoms with Crippen LogP contribution in [-0.2, 0) is 6.54 Å². The highest BCUT2D eigenvalue weighted by atomic mass is 79.9. The lowest BCUT2D eigenvalue weighted by Crippen LogP contribution is -2.02. The van der Waals surface area contributed by atoms with Gasteiger partial charge in [-0.1, -0.05) is 15.9 Å². The maximum absolute atomic E-state index is 5.34. The second kappa shape index (κ2) is 4.62. The summed E-state index contributed by atoms with van der Waals surface area (Å²) in [6.45, 7) is 0.619. The minimum Gasteiger partial charge on any atom is -0.331 e. The molecule has 0 unspecified atom stereocenters. The van der Waals surface area contributed by atoms with Gasteiger partial charge in [-0.2, -0.15) is 10.2 Å². The number of aromatic nitrogens is 4. The van der Waals surface area contributed by atoms with Crippen molar-refractivity contribution in [3.05, 3.63) is 51.5 Å². The van der Waals surface area contributed by atoms with E-state index in [1.54, 1.807) is 6.20 Å². The number of imidazole rings is 1. The summed E-state index contributed by atoms with van der Waals surface area (Å²) in [6.07, 6.45) is 1.66. The summed E-state index contributed by atoms with van der Waals surface area (Å²) >= 11 is 8.79. The standard InChI is InChI=1S/C12H9BrN4S/c13-8-3-4-11-10(6-8)15-12(18)17(11)7-9-2-1-5-14-16-9/h1-6H,7H2,(H,15,18). The molecule has 90 valence electrons. The molecule has 6 heteroatoms. The normalized spacial score (nSPS) is 10.9. The molecule has 1 N–H and O–H groups in total. The quantitative estimate of drug-likeness (QED) is 0.737. The highest BCUT2D eigenvalue weighted by molar-refractivity contribution is 9.10. The van der Waals surface area contributed by atoms with Gasteiger partial charge >= 0.3 is 0 Å². The molecule has 3 aromatic rings. The van der Waals surface area contributed by atoms with Gasteiger partial charge in [0, 0.05) is 10.7 Å². The first-order chi connectivity index (χ1) is 8.74. The average molecular weight is 321 g/mol. The molecule has 0 amide bonds. The van der Waals surface area contributed by atoms with Crippen molar-refractivity contribution in [1.82, 2.24) is 19.7 Å². The Morgan fingerprint density at radius 3 is 3.00 bits per heavy atom. The molecule has 0 fully saturated rings. The summed E-state index contributed by atoms with van der Waals surface area (Å²) in [6, 6.07) is 9.85. The molecule has 0 radical (unpaired) electrons. The van der Waals surface area contributed by atoms with Crippen LogP contribution in [0.3, 0.4) is 0 Å². The average Bonchev–Trinajstić information content (AvgIpc) is 2.66. The van der Waals surface area contributed by atoms with Crippen molar-refractivity contribution in [2.45, 2.75) is 6.54 Å². The Hall–Kier alpha value is -1.53. The molecule has 18 heavy (non-hydrogen) atoms. The van der Waals surface area contributed by atoms with E-state index in [4.69, 9.17) is 12.2 Å². The lowest BCUT2D eigenvalue weighted by Gasteiger charge is -2.03. The first-order valence-corrected chi connectivity index (χ1v) is 6.59. The van der Waals surface area contributed by atoms with E-state index in [9.17, 15) is 0 Å². The van der Waals surface area contributed by atoms with Crippen molar-refractivity contribution < 1.29 is 0 Å². The van der Waals surface area contributed by atoms with Crippen molar-refractivity contribution >= 4 is 39.2 Å². The maximum Gasteiger partial charge on any atom is 0.178 e. The number of hydrogen-bond donors (Lipinski definition) is 1. The number of nitrogens with one attached hydrogen (secondary N) is 1. The van der Waals surface area contributed by atoms with Gasteiger partial charge in [0.05, 0.1) is 23.3 Å². The van der Waals surface area contributed by atoms with Crippen LogP contribution in [0.15, 0.2) is 41.0 Å². The van der Waals surface area contributed by atoms with Gasteiger partial charge in [-0.25, -0.2) is 0 Å². The number of halogens is 1. The molecule has 0 aliphatic heterocycles. The number of aromatic amines is 1.